The minimum absolute atomic E-state index is 0.903. The lowest BCUT2D eigenvalue weighted by Gasteiger charge is -2.21. The first kappa shape index (κ1) is 11.1. The van der Waals surface area contributed by atoms with E-state index in [4.69, 9.17) is 4.43 Å². The van der Waals surface area contributed by atoms with Crippen LogP contribution in [0, 0.1) is 0 Å². The molecule has 0 aromatic rings. The molecule has 0 rings (SSSR count). The van der Waals surface area contributed by atoms with Crippen molar-refractivity contribution in [1.82, 2.24) is 0 Å². The van der Waals surface area contributed by atoms with Gasteiger partial charge >= 0.3 is 0 Å². The maximum atomic E-state index is 5.72. The third-order valence-electron chi connectivity index (χ3n) is 1.22. The molecule has 0 N–H and O–H groups in total. The van der Waals surface area contributed by atoms with Crippen LogP contribution in [-0.2, 0) is 4.43 Å². The SMILES string of the molecule is CCCO[Si](C)(CBr)CBr. The first-order valence-electron chi connectivity index (χ1n) is 3.44. The zero-order chi connectivity index (χ0) is 8.04. The maximum absolute atomic E-state index is 5.72. The summed E-state index contributed by atoms with van der Waals surface area (Å²) in [6, 6.07) is 0. The first-order valence-corrected chi connectivity index (χ1v) is 8.51. The van der Waals surface area contributed by atoms with Crippen molar-refractivity contribution < 1.29 is 4.43 Å². The molecule has 0 spiro atoms. The first-order chi connectivity index (χ1) is 4.68. The fourth-order valence-electron chi connectivity index (χ4n) is 0.461. The molecule has 62 valence electrons. The molecule has 0 heterocycles. The van der Waals surface area contributed by atoms with Gasteiger partial charge in [0.15, 0.2) is 0 Å². The van der Waals surface area contributed by atoms with E-state index in [-0.39, 0.29) is 0 Å². The summed E-state index contributed by atoms with van der Waals surface area (Å²) in [5.74, 6) is 0. The van der Waals surface area contributed by atoms with Crippen LogP contribution in [-0.4, -0.2) is 24.8 Å². The van der Waals surface area contributed by atoms with Crippen molar-refractivity contribution in [3.8, 4) is 0 Å². The third-order valence-corrected chi connectivity index (χ3v) is 10.4. The van der Waals surface area contributed by atoms with Gasteiger partial charge in [0.2, 0.25) is 8.32 Å². The van der Waals surface area contributed by atoms with Crippen LogP contribution in [0.5, 0.6) is 0 Å². The fourth-order valence-corrected chi connectivity index (χ4v) is 5.14. The highest BCUT2D eigenvalue weighted by Gasteiger charge is 2.25. The molecule has 0 saturated carbocycles. The molecule has 0 radical (unpaired) electrons. The van der Waals surface area contributed by atoms with Gasteiger partial charge in [0.05, 0.1) is 0 Å². The predicted octanol–water partition coefficient (Wildman–Crippen LogP) is 2.86. The molecule has 0 saturated heterocycles. The van der Waals surface area contributed by atoms with Gasteiger partial charge < -0.3 is 4.43 Å². The van der Waals surface area contributed by atoms with Gasteiger partial charge in [-0.1, -0.05) is 38.8 Å². The lowest BCUT2D eigenvalue weighted by Crippen LogP contribution is -2.40. The average molecular weight is 290 g/mol. The summed E-state index contributed by atoms with van der Waals surface area (Å²) in [4.78, 5) is 2.04. The van der Waals surface area contributed by atoms with E-state index in [1.54, 1.807) is 0 Å². The molecule has 1 nitrogen and oxygen atoms in total. The van der Waals surface area contributed by atoms with E-state index in [1.165, 1.54) is 0 Å². The lowest BCUT2D eigenvalue weighted by molar-refractivity contribution is 0.310. The van der Waals surface area contributed by atoms with Gasteiger partial charge in [-0.15, -0.1) is 0 Å². The Kier molecular flexibility index (Phi) is 6.40. The van der Waals surface area contributed by atoms with Gasteiger partial charge in [0.1, 0.15) is 0 Å². The van der Waals surface area contributed by atoms with Crippen LogP contribution >= 0.6 is 31.9 Å². The molecule has 0 atom stereocenters. The topological polar surface area (TPSA) is 9.23 Å². The van der Waals surface area contributed by atoms with Gasteiger partial charge in [-0.05, 0) is 13.0 Å². The molecule has 4 heteroatoms. The normalized spacial score (nSPS) is 12.0. The van der Waals surface area contributed by atoms with Crippen LogP contribution < -0.4 is 0 Å². The van der Waals surface area contributed by atoms with Crippen molar-refractivity contribution in [1.29, 1.82) is 0 Å². The minimum atomic E-state index is -1.38. The molecule has 0 amide bonds. The van der Waals surface area contributed by atoms with Crippen LogP contribution in [0.4, 0.5) is 0 Å². The summed E-state index contributed by atoms with van der Waals surface area (Å²) in [7, 11) is -1.38. The van der Waals surface area contributed by atoms with Gasteiger partial charge in [-0.25, -0.2) is 0 Å². The summed E-state index contributed by atoms with van der Waals surface area (Å²) in [6.45, 7) is 5.27. The van der Waals surface area contributed by atoms with Crippen LogP contribution in [0.3, 0.4) is 0 Å². The third kappa shape index (κ3) is 4.11. The Morgan fingerprint density at radius 3 is 2.10 bits per heavy atom. The zero-order valence-corrected chi connectivity index (χ0v) is 10.7. The predicted molar refractivity (Wildman–Crippen MR) is 55.4 cm³/mol. The summed E-state index contributed by atoms with van der Waals surface area (Å²) in [6.07, 6.45) is 1.11. The van der Waals surface area contributed by atoms with Crippen molar-refractivity contribution in [3.63, 3.8) is 0 Å². The molecule has 0 bridgehead atoms. The largest absolute Gasteiger partial charge is 0.415 e. The monoisotopic (exact) mass is 288 g/mol. The fraction of sp³-hybridized carbons (Fsp3) is 1.00. The second-order valence-electron chi connectivity index (χ2n) is 2.57. The van der Waals surface area contributed by atoms with Gasteiger partial charge in [0, 0.05) is 16.5 Å². The van der Waals surface area contributed by atoms with E-state index in [1.807, 2.05) is 0 Å². The number of halogens is 2. The summed E-state index contributed by atoms with van der Waals surface area (Å²) in [5.41, 5.74) is 0. The van der Waals surface area contributed by atoms with Crippen molar-refractivity contribution >= 4 is 40.2 Å². The van der Waals surface area contributed by atoms with Crippen molar-refractivity contribution in [3.05, 3.63) is 0 Å². The van der Waals surface area contributed by atoms with Gasteiger partial charge in [-0.2, -0.15) is 0 Å². The van der Waals surface area contributed by atoms with E-state index in [2.05, 4.69) is 45.3 Å². The number of alkyl halides is 2. The second-order valence-corrected chi connectivity index (χ2v) is 9.65. The Bertz CT molecular complexity index is 85.8. The number of hydrogen-bond donors (Lipinski definition) is 0. The Hall–Kier alpha value is 1.14. The van der Waals surface area contributed by atoms with Gasteiger partial charge in [-0.3, -0.25) is 0 Å². The molecule has 10 heavy (non-hydrogen) atoms. The number of rotatable bonds is 5. The van der Waals surface area contributed by atoms with E-state index in [0.717, 1.165) is 22.9 Å². The number of hydrogen-bond acceptors (Lipinski definition) is 1. The highest BCUT2D eigenvalue weighted by Crippen LogP contribution is 2.11. The maximum Gasteiger partial charge on any atom is 0.210 e. The molecule has 0 fully saturated rings. The highest BCUT2D eigenvalue weighted by molar-refractivity contribution is 9.10. The quantitative estimate of drug-likeness (QED) is 0.559. The highest BCUT2D eigenvalue weighted by atomic mass is 79.9. The summed E-state index contributed by atoms with van der Waals surface area (Å²) < 4.78 is 5.72. The smallest absolute Gasteiger partial charge is 0.210 e. The average Bonchev–Trinajstić information content (AvgIpc) is 2.00. The van der Waals surface area contributed by atoms with E-state index in [0.29, 0.717) is 0 Å². The minimum Gasteiger partial charge on any atom is -0.415 e. The summed E-state index contributed by atoms with van der Waals surface area (Å²) in [5, 5.41) is 0. The Balaban J connectivity index is 3.58. The molecule has 0 unspecified atom stereocenters. The van der Waals surface area contributed by atoms with Crippen LogP contribution in [0.2, 0.25) is 6.55 Å². The molecule has 0 aliphatic heterocycles. The van der Waals surface area contributed by atoms with Crippen LogP contribution in [0.1, 0.15) is 13.3 Å². The molecule has 0 aromatic heterocycles. The molecule has 0 aromatic carbocycles. The van der Waals surface area contributed by atoms with E-state index < -0.39 is 8.32 Å². The molecule has 0 aliphatic rings. The molecular weight excluding hydrogens is 276 g/mol. The molecule has 0 aliphatic carbocycles. The van der Waals surface area contributed by atoms with E-state index >= 15 is 0 Å². The Morgan fingerprint density at radius 1 is 1.30 bits per heavy atom. The van der Waals surface area contributed by atoms with Crippen molar-refractivity contribution in [2.45, 2.75) is 19.9 Å². The summed E-state index contributed by atoms with van der Waals surface area (Å²) >= 11 is 6.94. The van der Waals surface area contributed by atoms with Crippen molar-refractivity contribution in [2.24, 2.45) is 0 Å². The van der Waals surface area contributed by atoms with Crippen LogP contribution in [0.15, 0.2) is 0 Å². The Labute approximate surface area is 80.9 Å². The van der Waals surface area contributed by atoms with Crippen molar-refractivity contribution in [2.75, 3.05) is 16.5 Å². The van der Waals surface area contributed by atoms with E-state index in [9.17, 15) is 0 Å². The second kappa shape index (κ2) is 5.74. The molecular formula is C6H14Br2OSi. The zero-order valence-electron chi connectivity index (χ0n) is 6.49. The lowest BCUT2D eigenvalue weighted by atomic mass is 10.5. The van der Waals surface area contributed by atoms with Gasteiger partial charge in [0.25, 0.3) is 0 Å². The Morgan fingerprint density at radius 2 is 1.80 bits per heavy atom. The standard InChI is InChI=1S/C6H14Br2OSi/c1-3-4-9-10(2,5-7)6-8/h3-6H2,1-2H3. The van der Waals surface area contributed by atoms with Crippen LogP contribution in [0.25, 0.3) is 0 Å².